The maximum Gasteiger partial charge on any atom is 0.251 e. The van der Waals surface area contributed by atoms with Crippen LogP contribution >= 0.6 is 0 Å². The van der Waals surface area contributed by atoms with Gasteiger partial charge >= 0.3 is 0 Å². The van der Waals surface area contributed by atoms with Crippen LogP contribution in [0.4, 0.5) is 0 Å². The average molecular weight is 222 g/mol. The fourth-order valence-corrected chi connectivity index (χ4v) is 1.41. The highest BCUT2D eigenvalue weighted by Crippen LogP contribution is 2.07. The van der Waals surface area contributed by atoms with Crippen molar-refractivity contribution in [1.29, 1.82) is 0 Å². The number of carbonyl (C=O) groups is 1. The van der Waals surface area contributed by atoms with Gasteiger partial charge in [-0.1, -0.05) is 17.7 Å². The molecule has 0 saturated heterocycles. The SMILES string of the molecule is Cc1cccc(C(=O)NC(C)(C)CON)c1. The second-order valence-electron chi connectivity index (χ2n) is 4.52. The van der Waals surface area contributed by atoms with Crippen molar-refractivity contribution in [2.75, 3.05) is 6.61 Å². The Balaban J connectivity index is 2.72. The van der Waals surface area contributed by atoms with Crippen molar-refractivity contribution in [3.8, 4) is 0 Å². The van der Waals surface area contributed by atoms with E-state index < -0.39 is 5.54 Å². The second kappa shape index (κ2) is 5.09. The fraction of sp³-hybridized carbons (Fsp3) is 0.417. The van der Waals surface area contributed by atoms with Crippen LogP contribution in [0.5, 0.6) is 0 Å². The zero-order valence-corrected chi connectivity index (χ0v) is 9.91. The Kier molecular flexibility index (Phi) is 4.04. The van der Waals surface area contributed by atoms with Crippen LogP contribution in [0.25, 0.3) is 0 Å². The predicted molar refractivity (Wildman–Crippen MR) is 62.9 cm³/mol. The number of aryl methyl sites for hydroxylation is 1. The van der Waals surface area contributed by atoms with Crippen molar-refractivity contribution in [2.45, 2.75) is 26.3 Å². The Morgan fingerprint density at radius 1 is 1.50 bits per heavy atom. The van der Waals surface area contributed by atoms with Gasteiger partial charge in [0.2, 0.25) is 0 Å². The summed E-state index contributed by atoms with van der Waals surface area (Å²) in [5, 5.41) is 2.86. The molecule has 3 N–H and O–H groups in total. The Hall–Kier alpha value is -1.39. The minimum absolute atomic E-state index is 0.120. The van der Waals surface area contributed by atoms with Crippen molar-refractivity contribution < 1.29 is 9.63 Å². The molecule has 1 aromatic carbocycles. The second-order valence-corrected chi connectivity index (χ2v) is 4.52. The van der Waals surface area contributed by atoms with Crippen molar-refractivity contribution >= 4 is 5.91 Å². The Labute approximate surface area is 95.7 Å². The van der Waals surface area contributed by atoms with Crippen LogP contribution in [0.1, 0.15) is 29.8 Å². The van der Waals surface area contributed by atoms with Gasteiger partial charge in [0.25, 0.3) is 5.91 Å². The number of amides is 1. The number of carbonyl (C=O) groups excluding carboxylic acids is 1. The maximum atomic E-state index is 11.9. The number of nitrogens with one attached hydrogen (secondary N) is 1. The molecule has 0 aliphatic rings. The molecule has 0 aliphatic carbocycles. The van der Waals surface area contributed by atoms with E-state index in [0.29, 0.717) is 5.56 Å². The smallest absolute Gasteiger partial charge is 0.251 e. The topological polar surface area (TPSA) is 64.3 Å². The third-order valence-corrected chi connectivity index (χ3v) is 2.18. The molecule has 1 aromatic rings. The first kappa shape index (κ1) is 12.7. The van der Waals surface area contributed by atoms with Gasteiger partial charge in [-0.3, -0.25) is 4.79 Å². The van der Waals surface area contributed by atoms with Crippen LogP contribution in [-0.4, -0.2) is 18.1 Å². The van der Waals surface area contributed by atoms with Crippen molar-refractivity contribution in [3.63, 3.8) is 0 Å². The summed E-state index contributed by atoms with van der Waals surface area (Å²) < 4.78 is 0. The third kappa shape index (κ3) is 3.64. The summed E-state index contributed by atoms with van der Waals surface area (Å²) in [5.74, 6) is 4.88. The van der Waals surface area contributed by atoms with Gasteiger partial charge in [0.05, 0.1) is 12.1 Å². The fourth-order valence-electron chi connectivity index (χ4n) is 1.41. The van der Waals surface area contributed by atoms with Crippen LogP contribution in [0.2, 0.25) is 0 Å². The lowest BCUT2D eigenvalue weighted by atomic mass is 10.1. The average Bonchev–Trinajstić information content (AvgIpc) is 2.16. The molecule has 16 heavy (non-hydrogen) atoms. The van der Waals surface area contributed by atoms with Gasteiger partial charge in [0.15, 0.2) is 0 Å². The molecular formula is C12H18N2O2. The molecule has 88 valence electrons. The van der Waals surface area contributed by atoms with Gasteiger partial charge in [-0.15, -0.1) is 0 Å². The lowest BCUT2D eigenvalue weighted by Gasteiger charge is -2.24. The summed E-state index contributed by atoms with van der Waals surface area (Å²) in [7, 11) is 0. The number of rotatable bonds is 4. The number of benzene rings is 1. The third-order valence-electron chi connectivity index (χ3n) is 2.18. The van der Waals surface area contributed by atoms with Crippen LogP contribution in [-0.2, 0) is 4.84 Å². The molecule has 0 atom stereocenters. The summed E-state index contributed by atoms with van der Waals surface area (Å²) in [5.41, 5.74) is 1.22. The Bertz CT molecular complexity index is 375. The standard InChI is InChI=1S/C12H18N2O2/c1-9-5-4-6-10(7-9)11(15)14-12(2,3)8-16-13/h4-7H,8,13H2,1-3H3,(H,14,15). The number of hydrogen-bond donors (Lipinski definition) is 2. The van der Waals surface area contributed by atoms with Gasteiger partial charge in [0.1, 0.15) is 0 Å². The van der Waals surface area contributed by atoms with Gasteiger partial charge in [-0.05, 0) is 32.9 Å². The first-order valence-electron chi connectivity index (χ1n) is 5.15. The van der Waals surface area contributed by atoms with E-state index in [2.05, 4.69) is 10.2 Å². The van der Waals surface area contributed by atoms with Crippen LogP contribution in [0.3, 0.4) is 0 Å². The molecule has 0 aromatic heterocycles. The monoisotopic (exact) mass is 222 g/mol. The number of nitrogens with two attached hydrogens (primary N) is 1. The lowest BCUT2D eigenvalue weighted by Crippen LogP contribution is -2.47. The maximum absolute atomic E-state index is 11.9. The highest BCUT2D eigenvalue weighted by molar-refractivity contribution is 5.94. The zero-order chi connectivity index (χ0) is 12.2. The van der Waals surface area contributed by atoms with E-state index in [1.54, 1.807) is 6.07 Å². The van der Waals surface area contributed by atoms with Gasteiger partial charge in [0, 0.05) is 5.56 Å². The van der Waals surface area contributed by atoms with Crippen LogP contribution in [0, 0.1) is 6.92 Å². The molecule has 0 aliphatic heterocycles. The highest BCUT2D eigenvalue weighted by Gasteiger charge is 2.21. The molecule has 0 bridgehead atoms. The largest absolute Gasteiger partial charge is 0.345 e. The molecule has 1 amide bonds. The molecule has 4 nitrogen and oxygen atoms in total. The summed E-state index contributed by atoms with van der Waals surface area (Å²) in [4.78, 5) is 16.4. The van der Waals surface area contributed by atoms with E-state index in [9.17, 15) is 4.79 Å². The zero-order valence-electron chi connectivity index (χ0n) is 9.91. The molecule has 0 heterocycles. The molecular weight excluding hydrogens is 204 g/mol. The van der Waals surface area contributed by atoms with E-state index in [1.165, 1.54) is 0 Å². The molecule has 4 heteroatoms. The van der Waals surface area contributed by atoms with E-state index in [1.807, 2.05) is 39.0 Å². The summed E-state index contributed by atoms with van der Waals surface area (Å²) in [6.07, 6.45) is 0. The molecule has 0 saturated carbocycles. The van der Waals surface area contributed by atoms with Crippen molar-refractivity contribution in [3.05, 3.63) is 35.4 Å². The molecule has 0 radical (unpaired) electrons. The summed E-state index contributed by atoms with van der Waals surface area (Å²) in [6, 6.07) is 7.43. The van der Waals surface area contributed by atoms with Gasteiger partial charge in [-0.2, -0.15) is 0 Å². The van der Waals surface area contributed by atoms with Crippen LogP contribution in [0.15, 0.2) is 24.3 Å². The van der Waals surface area contributed by atoms with Gasteiger partial charge in [-0.25, -0.2) is 5.90 Å². The lowest BCUT2D eigenvalue weighted by molar-refractivity contribution is 0.0687. The molecule has 0 fully saturated rings. The predicted octanol–water partition coefficient (Wildman–Crippen LogP) is 1.39. The minimum atomic E-state index is -0.477. The molecule has 1 rings (SSSR count). The molecule has 0 spiro atoms. The Morgan fingerprint density at radius 3 is 2.75 bits per heavy atom. The van der Waals surface area contributed by atoms with E-state index in [-0.39, 0.29) is 12.5 Å². The highest BCUT2D eigenvalue weighted by atomic mass is 16.6. The first-order chi connectivity index (χ1) is 7.44. The Morgan fingerprint density at radius 2 is 2.19 bits per heavy atom. The van der Waals surface area contributed by atoms with Gasteiger partial charge < -0.3 is 10.2 Å². The normalized spacial score (nSPS) is 11.2. The molecule has 0 unspecified atom stereocenters. The number of hydrogen-bond acceptors (Lipinski definition) is 3. The van der Waals surface area contributed by atoms with E-state index >= 15 is 0 Å². The van der Waals surface area contributed by atoms with Crippen molar-refractivity contribution in [2.24, 2.45) is 5.90 Å². The summed E-state index contributed by atoms with van der Waals surface area (Å²) in [6.45, 7) is 5.93. The van der Waals surface area contributed by atoms with E-state index in [4.69, 9.17) is 5.90 Å². The first-order valence-corrected chi connectivity index (χ1v) is 5.15. The minimum Gasteiger partial charge on any atom is -0.345 e. The van der Waals surface area contributed by atoms with Crippen LogP contribution < -0.4 is 11.2 Å². The summed E-state index contributed by atoms with van der Waals surface area (Å²) >= 11 is 0. The van der Waals surface area contributed by atoms with Crippen molar-refractivity contribution in [1.82, 2.24) is 5.32 Å². The quantitative estimate of drug-likeness (QED) is 0.757. The van der Waals surface area contributed by atoms with E-state index in [0.717, 1.165) is 5.56 Å².